The first-order valence-corrected chi connectivity index (χ1v) is 7.41. The van der Waals surface area contributed by atoms with Crippen LogP contribution in [0.1, 0.15) is 43.2 Å². The van der Waals surface area contributed by atoms with E-state index in [1.165, 1.54) is 5.56 Å². The van der Waals surface area contributed by atoms with Crippen LogP contribution in [-0.2, 0) is 13.0 Å². The lowest BCUT2D eigenvalue weighted by Crippen LogP contribution is -2.09. The van der Waals surface area contributed by atoms with Gasteiger partial charge >= 0.3 is 5.97 Å². The third kappa shape index (κ3) is 3.72. The Labute approximate surface area is 125 Å². The molecule has 0 aliphatic rings. The summed E-state index contributed by atoms with van der Waals surface area (Å²) in [6, 6.07) is 9.86. The van der Waals surface area contributed by atoms with Crippen molar-refractivity contribution in [1.29, 1.82) is 0 Å². The normalized spacial score (nSPS) is 11.0. The van der Waals surface area contributed by atoms with E-state index < -0.39 is 5.97 Å². The van der Waals surface area contributed by atoms with Crippen molar-refractivity contribution < 1.29 is 9.90 Å². The summed E-state index contributed by atoms with van der Waals surface area (Å²) >= 11 is 0. The van der Waals surface area contributed by atoms with E-state index in [1.807, 2.05) is 19.1 Å². The van der Waals surface area contributed by atoms with E-state index in [1.54, 1.807) is 10.7 Å². The Morgan fingerprint density at radius 2 is 1.95 bits per heavy atom. The Morgan fingerprint density at radius 1 is 1.29 bits per heavy atom. The number of hydrogen-bond donors (Lipinski definition) is 1. The largest absolute Gasteiger partial charge is 0.477 e. The lowest BCUT2D eigenvalue weighted by Gasteiger charge is -2.05. The second kappa shape index (κ2) is 6.57. The number of aromatic carboxylic acids is 1. The fraction of sp³-hybridized carbons (Fsp3) is 0.412. The van der Waals surface area contributed by atoms with E-state index in [0.717, 1.165) is 24.1 Å². The van der Waals surface area contributed by atoms with E-state index in [4.69, 9.17) is 0 Å². The summed E-state index contributed by atoms with van der Waals surface area (Å²) in [4.78, 5) is 11.3. The molecule has 0 bridgehead atoms. The molecule has 2 aromatic rings. The van der Waals surface area contributed by atoms with E-state index in [2.05, 4.69) is 31.1 Å². The molecule has 4 nitrogen and oxygen atoms in total. The first kappa shape index (κ1) is 15.3. The monoisotopic (exact) mass is 286 g/mol. The van der Waals surface area contributed by atoms with Gasteiger partial charge < -0.3 is 5.11 Å². The van der Waals surface area contributed by atoms with Crippen LogP contribution in [0.2, 0.25) is 0 Å². The number of aromatic nitrogens is 2. The number of aryl methyl sites for hydroxylation is 1. The molecular formula is C17H22N2O2. The van der Waals surface area contributed by atoms with Crippen molar-refractivity contribution in [2.75, 3.05) is 0 Å². The zero-order valence-electron chi connectivity index (χ0n) is 12.8. The predicted molar refractivity (Wildman–Crippen MR) is 83.5 cm³/mol. The highest BCUT2D eigenvalue weighted by Gasteiger charge is 2.14. The third-order valence-electron chi connectivity index (χ3n) is 3.33. The summed E-state index contributed by atoms with van der Waals surface area (Å²) in [5, 5.41) is 13.7. The Morgan fingerprint density at radius 3 is 2.48 bits per heavy atom. The van der Waals surface area contributed by atoms with Crippen LogP contribution in [0.3, 0.4) is 0 Å². The molecular weight excluding hydrogens is 264 g/mol. The number of nitrogens with zero attached hydrogens (tertiary/aromatic N) is 2. The molecule has 1 aromatic carbocycles. The molecule has 2 rings (SSSR count). The Bertz CT molecular complexity index is 612. The molecule has 0 amide bonds. The minimum atomic E-state index is -0.932. The zero-order valence-corrected chi connectivity index (χ0v) is 12.8. The number of benzene rings is 1. The van der Waals surface area contributed by atoms with Crippen molar-refractivity contribution >= 4 is 5.97 Å². The van der Waals surface area contributed by atoms with Gasteiger partial charge in [0.1, 0.15) is 5.69 Å². The number of hydrogen-bond acceptors (Lipinski definition) is 2. The molecule has 21 heavy (non-hydrogen) atoms. The molecule has 0 saturated heterocycles. The maximum Gasteiger partial charge on any atom is 0.354 e. The van der Waals surface area contributed by atoms with Gasteiger partial charge in [-0.15, -0.1) is 0 Å². The van der Waals surface area contributed by atoms with Crippen LogP contribution in [0.15, 0.2) is 30.3 Å². The van der Waals surface area contributed by atoms with Gasteiger partial charge in [0.25, 0.3) is 0 Å². The highest BCUT2D eigenvalue weighted by atomic mass is 16.4. The standard InChI is InChI=1S/C17H22N2O2/c1-4-9-19-16(17(20)21)11-15(18-19)14-7-5-13(6-8-14)10-12(2)3/h5-8,11-12H,4,9-10H2,1-3H3,(H,20,21). The van der Waals surface area contributed by atoms with Gasteiger partial charge in [0.05, 0.1) is 5.69 Å². The summed E-state index contributed by atoms with van der Waals surface area (Å²) in [7, 11) is 0. The molecule has 1 heterocycles. The molecule has 0 radical (unpaired) electrons. The topological polar surface area (TPSA) is 55.1 Å². The molecule has 0 spiro atoms. The van der Waals surface area contributed by atoms with Gasteiger partial charge in [-0.3, -0.25) is 4.68 Å². The maximum atomic E-state index is 11.3. The molecule has 1 aromatic heterocycles. The number of carboxylic acids is 1. The lowest BCUT2D eigenvalue weighted by atomic mass is 10.0. The summed E-state index contributed by atoms with van der Waals surface area (Å²) in [5.74, 6) is -0.308. The van der Waals surface area contributed by atoms with Gasteiger partial charge in [-0.2, -0.15) is 5.10 Å². The van der Waals surface area contributed by atoms with Crippen molar-refractivity contribution in [3.8, 4) is 11.3 Å². The van der Waals surface area contributed by atoms with Crippen LogP contribution >= 0.6 is 0 Å². The molecule has 0 unspecified atom stereocenters. The molecule has 4 heteroatoms. The third-order valence-corrected chi connectivity index (χ3v) is 3.33. The average Bonchev–Trinajstić information content (AvgIpc) is 2.83. The minimum absolute atomic E-state index is 0.248. The van der Waals surface area contributed by atoms with Crippen LogP contribution in [0.5, 0.6) is 0 Å². The highest BCUT2D eigenvalue weighted by Crippen LogP contribution is 2.21. The summed E-state index contributed by atoms with van der Waals surface area (Å²) in [5.41, 5.74) is 3.22. The molecule has 0 aliphatic carbocycles. The molecule has 0 atom stereocenters. The smallest absolute Gasteiger partial charge is 0.354 e. The molecule has 0 aliphatic heterocycles. The Kier molecular flexibility index (Phi) is 4.78. The molecule has 1 N–H and O–H groups in total. The van der Waals surface area contributed by atoms with Crippen molar-refractivity contribution in [3.63, 3.8) is 0 Å². The number of carboxylic acid groups (broad SMARTS) is 1. The second-order valence-corrected chi connectivity index (χ2v) is 5.74. The quantitative estimate of drug-likeness (QED) is 0.877. The van der Waals surface area contributed by atoms with Crippen LogP contribution in [0.4, 0.5) is 0 Å². The van der Waals surface area contributed by atoms with Crippen LogP contribution in [-0.4, -0.2) is 20.9 Å². The Hall–Kier alpha value is -2.10. The van der Waals surface area contributed by atoms with Gasteiger partial charge in [-0.1, -0.05) is 45.0 Å². The fourth-order valence-electron chi connectivity index (χ4n) is 2.40. The van der Waals surface area contributed by atoms with Gasteiger partial charge in [0.2, 0.25) is 0 Å². The SMILES string of the molecule is CCCn1nc(-c2ccc(CC(C)C)cc2)cc1C(=O)O. The number of carbonyl (C=O) groups is 1. The van der Waals surface area contributed by atoms with E-state index >= 15 is 0 Å². The van der Waals surface area contributed by atoms with Gasteiger partial charge in [-0.05, 0) is 30.4 Å². The highest BCUT2D eigenvalue weighted by molar-refractivity contribution is 5.87. The van der Waals surface area contributed by atoms with Gasteiger partial charge in [-0.25, -0.2) is 4.79 Å². The first-order valence-electron chi connectivity index (χ1n) is 7.41. The Balaban J connectivity index is 2.29. The number of rotatable bonds is 6. The van der Waals surface area contributed by atoms with Crippen LogP contribution in [0, 0.1) is 5.92 Å². The van der Waals surface area contributed by atoms with Crippen LogP contribution < -0.4 is 0 Å². The maximum absolute atomic E-state index is 11.3. The molecule has 0 saturated carbocycles. The van der Waals surface area contributed by atoms with Crippen LogP contribution in [0.25, 0.3) is 11.3 Å². The van der Waals surface area contributed by atoms with Crippen molar-refractivity contribution in [3.05, 3.63) is 41.6 Å². The van der Waals surface area contributed by atoms with Crippen molar-refractivity contribution in [2.24, 2.45) is 5.92 Å². The minimum Gasteiger partial charge on any atom is -0.477 e. The summed E-state index contributed by atoms with van der Waals surface area (Å²) in [6.45, 7) is 7.01. The zero-order chi connectivity index (χ0) is 15.4. The fourth-order valence-corrected chi connectivity index (χ4v) is 2.40. The van der Waals surface area contributed by atoms with Gasteiger partial charge in [0, 0.05) is 12.1 Å². The van der Waals surface area contributed by atoms with E-state index in [-0.39, 0.29) is 5.69 Å². The van der Waals surface area contributed by atoms with E-state index in [0.29, 0.717) is 12.5 Å². The van der Waals surface area contributed by atoms with E-state index in [9.17, 15) is 9.90 Å². The molecule has 0 fully saturated rings. The predicted octanol–water partition coefficient (Wildman–Crippen LogP) is 3.86. The average molecular weight is 286 g/mol. The van der Waals surface area contributed by atoms with Crippen molar-refractivity contribution in [1.82, 2.24) is 9.78 Å². The molecule has 112 valence electrons. The summed E-state index contributed by atoms with van der Waals surface area (Å²) in [6.07, 6.45) is 1.90. The van der Waals surface area contributed by atoms with Crippen molar-refractivity contribution in [2.45, 2.75) is 40.2 Å². The van der Waals surface area contributed by atoms with Gasteiger partial charge in [0.15, 0.2) is 0 Å². The first-order chi connectivity index (χ1) is 10.0. The second-order valence-electron chi connectivity index (χ2n) is 5.74. The lowest BCUT2D eigenvalue weighted by molar-refractivity contribution is 0.0683. The summed E-state index contributed by atoms with van der Waals surface area (Å²) < 4.78 is 1.57.